The molecule has 0 bridgehead atoms. The Kier molecular flexibility index (Phi) is 3.61. The van der Waals surface area contributed by atoms with Gasteiger partial charge in [-0.3, -0.25) is 14.5 Å². The second-order valence-corrected chi connectivity index (χ2v) is 5.49. The van der Waals surface area contributed by atoms with Gasteiger partial charge in [0, 0.05) is 6.42 Å². The molecule has 106 valence electrons. The molecule has 1 aliphatic rings. The molecule has 1 aromatic carbocycles. The van der Waals surface area contributed by atoms with Crippen LogP contribution in [0, 0.1) is 5.41 Å². The lowest BCUT2D eigenvalue weighted by atomic mass is 9.92. The maximum Gasteiger partial charge on any atom is 0.338 e. The molecule has 1 heterocycles. The lowest BCUT2D eigenvalue weighted by molar-refractivity contribution is -0.141. The van der Waals surface area contributed by atoms with Crippen molar-refractivity contribution in [3.05, 3.63) is 35.4 Å². The standard InChI is InChI=1S/C15H17NO4/c1-15(2)8-12(17)16(14(15)19)9-10-6-4-5-7-11(10)13(18)20-3/h4-7H,8-9H2,1-3H3. The summed E-state index contributed by atoms with van der Waals surface area (Å²) in [6, 6.07) is 6.82. The van der Waals surface area contributed by atoms with Crippen molar-refractivity contribution in [3.8, 4) is 0 Å². The van der Waals surface area contributed by atoms with Crippen molar-refractivity contribution in [3.63, 3.8) is 0 Å². The van der Waals surface area contributed by atoms with E-state index in [0.717, 1.165) is 0 Å². The molecule has 0 spiro atoms. The molecule has 0 N–H and O–H groups in total. The number of rotatable bonds is 3. The van der Waals surface area contributed by atoms with Crippen LogP contribution < -0.4 is 0 Å². The first-order chi connectivity index (χ1) is 9.36. The van der Waals surface area contributed by atoms with E-state index in [1.54, 1.807) is 38.1 Å². The van der Waals surface area contributed by atoms with Gasteiger partial charge in [-0.1, -0.05) is 32.0 Å². The first kappa shape index (κ1) is 14.2. The Hall–Kier alpha value is -2.17. The number of ether oxygens (including phenoxy) is 1. The van der Waals surface area contributed by atoms with E-state index in [4.69, 9.17) is 4.74 Å². The minimum absolute atomic E-state index is 0.104. The summed E-state index contributed by atoms with van der Waals surface area (Å²) < 4.78 is 4.71. The Morgan fingerprint density at radius 3 is 2.50 bits per heavy atom. The van der Waals surface area contributed by atoms with Crippen molar-refractivity contribution in [2.24, 2.45) is 5.41 Å². The number of amides is 2. The van der Waals surface area contributed by atoms with E-state index in [1.807, 2.05) is 0 Å². The molecule has 1 saturated heterocycles. The molecule has 0 atom stereocenters. The molecule has 1 aliphatic heterocycles. The summed E-state index contributed by atoms with van der Waals surface area (Å²) in [4.78, 5) is 37.0. The van der Waals surface area contributed by atoms with E-state index >= 15 is 0 Å². The summed E-state index contributed by atoms with van der Waals surface area (Å²) in [7, 11) is 1.30. The van der Waals surface area contributed by atoms with Crippen LogP contribution in [-0.4, -0.2) is 29.8 Å². The normalized spacial score (nSPS) is 17.4. The monoisotopic (exact) mass is 275 g/mol. The van der Waals surface area contributed by atoms with Gasteiger partial charge in [-0.05, 0) is 11.6 Å². The molecular weight excluding hydrogens is 258 g/mol. The highest BCUT2D eigenvalue weighted by molar-refractivity contribution is 6.05. The van der Waals surface area contributed by atoms with Crippen LogP contribution in [0.1, 0.15) is 36.2 Å². The predicted octanol–water partition coefficient (Wildman–Crippen LogP) is 1.76. The number of likely N-dealkylation sites (tertiary alicyclic amines) is 1. The molecule has 0 saturated carbocycles. The van der Waals surface area contributed by atoms with E-state index in [0.29, 0.717) is 11.1 Å². The van der Waals surface area contributed by atoms with Gasteiger partial charge >= 0.3 is 5.97 Å². The van der Waals surface area contributed by atoms with Gasteiger partial charge in [0.1, 0.15) is 0 Å². The first-order valence-corrected chi connectivity index (χ1v) is 6.38. The van der Waals surface area contributed by atoms with Gasteiger partial charge in [-0.15, -0.1) is 0 Å². The molecule has 5 nitrogen and oxygen atoms in total. The largest absolute Gasteiger partial charge is 0.465 e. The second-order valence-electron chi connectivity index (χ2n) is 5.49. The summed E-state index contributed by atoms with van der Waals surface area (Å²) in [5.41, 5.74) is 0.316. The topological polar surface area (TPSA) is 63.7 Å². The van der Waals surface area contributed by atoms with Gasteiger partial charge in [0.2, 0.25) is 11.8 Å². The minimum Gasteiger partial charge on any atom is -0.465 e. The third-order valence-electron chi connectivity index (χ3n) is 3.47. The quantitative estimate of drug-likeness (QED) is 0.623. The molecule has 0 radical (unpaired) electrons. The fraction of sp³-hybridized carbons (Fsp3) is 0.400. The molecule has 2 amide bonds. The van der Waals surface area contributed by atoms with Gasteiger partial charge in [0.15, 0.2) is 0 Å². The van der Waals surface area contributed by atoms with Crippen molar-refractivity contribution >= 4 is 17.8 Å². The summed E-state index contributed by atoms with van der Waals surface area (Å²) in [6.45, 7) is 3.60. The number of carbonyl (C=O) groups excluding carboxylic acids is 3. The van der Waals surface area contributed by atoms with Gasteiger partial charge in [-0.2, -0.15) is 0 Å². The maximum absolute atomic E-state index is 12.2. The lowest BCUT2D eigenvalue weighted by Gasteiger charge is -2.18. The maximum atomic E-state index is 12.2. The van der Waals surface area contributed by atoms with Gasteiger partial charge in [-0.25, -0.2) is 4.79 Å². The van der Waals surface area contributed by atoms with Crippen LogP contribution in [0.5, 0.6) is 0 Å². The van der Waals surface area contributed by atoms with Crippen molar-refractivity contribution in [1.82, 2.24) is 4.90 Å². The average molecular weight is 275 g/mol. The number of benzene rings is 1. The van der Waals surface area contributed by atoms with Crippen LogP contribution in [-0.2, 0) is 20.9 Å². The fourth-order valence-corrected chi connectivity index (χ4v) is 2.33. The molecule has 0 unspecified atom stereocenters. The highest BCUT2D eigenvalue weighted by atomic mass is 16.5. The van der Waals surface area contributed by atoms with Crippen molar-refractivity contribution in [2.75, 3.05) is 7.11 Å². The van der Waals surface area contributed by atoms with Crippen LogP contribution in [0.25, 0.3) is 0 Å². The number of methoxy groups -OCH3 is 1. The smallest absolute Gasteiger partial charge is 0.338 e. The number of hydrogen-bond acceptors (Lipinski definition) is 4. The molecule has 0 aromatic heterocycles. The van der Waals surface area contributed by atoms with Crippen LogP contribution in [0.3, 0.4) is 0 Å². The third-order valence-corrected chi connectivity index (χ3v) is 3.47. The fourth-order valence-electron chi connectivity index (χ4n) is 2.33. The average Bonchev–Trinajstić information content (AvgIpc) is 2.60. The summed E-state index contributed by atoms with van der Waals surface area (Å²) >= 11 is 0. The summed E-state index contributed by atoms with van der Waals surface area (Å²) in [5.74, 6) is -0.888. The zero-order chi connectivity index (χ0) is 14.9. The van der Waals surface area contributed by atoms with Gasteiger partial charge in [0.25, 0.3) is 0 Å². The van der Waals surface area contributed by atoms with Crippen molar-refractivity contribution in [1.29, 1.82) is 0 Å². The number of carbonyl (C=O) groups is 3. The number of nitrogens with zero attached hydrogens (tertiary/aromatic N) is 1. The second kappa shape index (κ2) is 5.07. The highest BCUT2D eigenvalue weighted by Gasteiger charge is 2.44. The van der Waals surface area contributed by atoms with E-state index < -0.39 is 11.4 Å². The molecule has 1 fully saturated rings. The van der Waals surface area contributed by atoms with Crippen LogP contribution in [0.4, 0.5) is 0 Å². The Morgan fingerprint density at radius 2 is 1.95 bits per heavy atom. The predicted molar refractivity (Wildman–Crippen MR) is 71.7 cm³/mol. The van der Waals surface area contributed by atoms with E-state index in [1.165, 1.54) is 12.0 Å². The zero-order valence-corrected chi connectivity index (χ0v) is 11.8. The molecule has 1 aromatic rings. The molecule has 5 heteroatoms. The van der Waals surface area contributed by atoms with Crippen LogP contribution in [0.15, 0.2) is 24.3 Å². The zero-order valence-electron chi connectivity index (χ0n) is 11.8. The molecule has 20 heavy (non-hydrogen) atoms. The van der Waals surface area contributed by atoms with E-state index in [2.05, 4.69) is 0 Å². The number of hydrogen-bond donors (Lipinski definition) is 0. The van der Waals surface area contributed by atoms with E-state index in [9.17, 15) is 14.4 Å². The molecular formula is C15H17NO4. The third kappa shape index (κ3) is 2.43. The molecule has 0 aliphatic carbocycles. The van der Waals surface area contributed by atoms with Gasteiger partial charge < -0.3 is 4.74 Å². The summed E-state index contributed by atoms with van der Waals surface area (Å²) in [6.07, 6.45) is 0.201. The lowest BCUT2D eigenvalue weighted by Crippen LogP contribution is -2.33. The number of imide groups is 1. The summed E-state index contributed by atoms with van der Waals surface area (Å²) in [5, 5.41) is 0. The first-order valence-electron chi connectivity index (χ1n) is 6.38. The number of esters is 1. The minimum atomic E-state index is -0.669. The Balaban J connectivity index is 2.30. The SMILES string of the molecule is COC(=O)c1ccccc1CN1C(=O)CC(C)(C)C1=O. The Bertz CT molecular complexity index is 577. The van der Waals surface area contributed by atoms with E-state index in [-0.39, 0.29) is 24.8 Å². The Labute approximate surface area is 117 Å². The Morgan fingerprint density at radius 1 is 1.30 bits per heavy atom. The van der Waals surface area contributed by atoms with Crippen molar-refractivity contribution < 1.29 is 19.1 Å². The van der Waals surface area contributed by atoms with Crippen molar-refractivity contribution in [2.45, 2.75) is 26.8 Å². The van der Waals surface area contributed by atoms with Crippen LogP contribution in [0.2, 0.25) is 0 Å². The highest BCUT2D eigenvalue weighted by Crippen LogP contribution is 2.32. The van der Waals surface area contributed by atoms with Gasteiger partial charge in [0.05, 0.1) is 24.6 Å². The molecule has 2 rings (SSSR count). The van der Waals surface area contributed by atoms with Crippen LogP contribution >= 0.6 is 0 Å².